The summed E-state index contributed by atoms with van der Waals surface area (Å²) in [5.74, 6) is -9.54. The number of rotatable bonds is 13. The fourth-order valence-corrected chi connectivity index (χ4v) is 2.75. The second kappa shape index (κ2) is 11.0. The Labute approximate surface area is 178 Å². The molecular formula is C22H38F4O4. The first-order chi connectivity index (χ1) is 13.4. The highest BCUT2D eigenvalue weighted by Gasteiger charge is 2.58. The molecule has 0 aromatic heterocycles. The van der Waals surface area contributed by atoms with Gasteiger partial charge in [0.1, 0.15) is 11.6 Å². The van der Waals surface area contributed by atoms with E-state index < -0.39 is 47.7 Å². The molecule has 30 heavy (non-hydrogen) atoms. The normalized spacial score (nSPS) is 15.7. The third-order valence-electron chi connectivity index (χ3n) is 4.81. The van der Waals surface area contributed by atoms with Crippen molar-refractivity contribution in [3.8, 4) is 0 Å². The second-order valence-corrected chi connectivity index (χ2v) is 9.73. The van der Waals surface area contributed by atoms with Gasteiger partial charge in [-0.05, 0) is 13.8 Å². The molecule has 0 saturated carbocycles. The Balaban J connectivity index is 5.42. The molecule has 0 rings (SSSR count). The van der Waals surface area contributed by atoms with Gasteiger partial charge < -0.3 is 9.47 Å². The van der Waals surface area contributed by atoms with Gasteiger partial charge >= 0.3 is 11.8 Å². The molecule has 0 heterocycles. The maximum atomic E-state index is 14.6. The van der Waals surface area contributed by atoms with Crippen LogP contribution in [0.5, 0.6) is 0 Å². The first-order valence-corrected chi connectivity index (χ1v) is 10.4. The minimum Gasteiger partial charge on any atom is -0.378 e. The molecule has 0 aromatic rings. The second-order valence-electron chi connectivity index (χ2n) is 9.73. The van der Waals surface area contributed by atoms with Crippen LogP contribution >= 0.6 is 0 Å². The van der Waals surface area contributed by atoms with Gasteiger partial charge in [-0.25, -0.2) is 0 Å². The molecule has 0 amide bonds. The Kier molecular flexibility index (Phi) is 10.7. The molecule has 0 saturated heterocycles. The maximum Gasteiger partial charge on any atom is 0.312 e. The molecule has 0 aliphatic rings. The van der Waals surface area contributed by atoms with Crippen LogP contribution in [0.2, 0.25) is 0 Å². The third kappa shape index (κ3) is 9.41. The average molecular weight is 443 g/mol. The predicted octanol–water partition coefficient (Wildman–Crippen LogP) is 5.86. The van der Waals surface area contributed by atoms with Crippen LogP contribution in [0.3, 0.4) is 0 Å². The van der Waals surface area contributed by atoms with Crippen molar-refractivity contribution in [1.82, 2.24) is 0 Å². The Morgan fingerprint density at radius 1 is 0.667 bits per heavy atom. The van der Waals surface area contributed by atoms with E-state index in [0.717, 1.165) is 0 Å². The van der Waals surface area contributed by atoms with Gasteiger partial charge in [0.2, 0.25) is 0 Å². The molecule has 0 radical (unpaired) electrons. The van der Waals surface area contributed by atoms with Crippen LogP contribution in [0, 0.1) is 10.8 Å². The van der Waals surface area contributed by atoms with Gasteiger partial charge in [-0.3, -0.25) is 9.59 Å². The zero-order chi connectivity index (χ0) is 24.0. The lowest BCUT2D eigenvalue weighted by Crippen LogP contribution is -2.47. The van der Waals surface area contributed by atoms with Crippen molar-refractivity contribution < 1.29 is 36.6 Å². The Bertz CT molecular complexity index is 512. The van der Waals surface area contributed by atoms with E-state index in [1.165, 1.54) is 0 Å². The lowest BCUT2D eigenvalue weighted by atomic mass is 9.85. The summed E-state index contributed by atoms with van der Waals surface area (Å²) < 4.78 is 68.8. The lowest BCUT2D eigenvalue weighted by Gasteiger charge is -2.33. The zero-order valence-corrected chi connectivity index (χ0v) is 19.5. The van der Waals surface area contributed by atoms with Crippen molar-refractivity contribution >= 4 is 11.6 Å². The molecule has 0 aromatic carbocycles. The maximum absolute atomic E-state index is 14.6. The molecule has 0 N–H and O–H groups in total. The predicted molar refractivity (Wildman–Crippen MR) is 108 cm³/mol. The number of Topliss-reactive ketones (excluding diaryl/α,β-unsaturated/α-hetero) is 2. The van der Waals surface area contributed by atoms with E-state index in [2.05, 4.69) is 0 Å². The quantitative estimate of drug-likeness (QED) is 0.335. The SMILES string of the molecule is CCOC(CC(=O)C(C)(C)C)CC(F)(F)C(F)(F)CC(CC(=O)C(C)(C)C)OCC. The van der Waals surface area contributed by atoms with E-state index >= 15 is 0 Å². The Morgan fingerprint density at radius 2 is 0.933 bits per heavy atom. The van der Waals surface area contributed by atoms with E-state index in [1.807, 2.05) is 0 Å². The topological polar surface area (TPSA) is 52.6 Å². The molecule has 2 atom stereocenters. The van der Waals surface area contributed by atoms with Gasteiger partial charge in [0.25, 0.3) is 0 Å². The highest BCUT2D eigenvalue weighted by atomic mass is 19.3. The summed E-state index contributed by atoms with van der Waals surface area (Å²) in [5, 5.41) is 0. The van der Waals surface area contributed by atoms with Crippen LogP contribution in [-0.2, 0) is 19.1 Å². The molecule has 4 nitrogen and oxygen atoms in total. The summed E-state index contributed by atoms with van der Waals surface area (Å²) in [6.07, 6.45) is -5.99. The molecular weight excluding hydrogens is 404 g/mol. The van der Waals surface area contributed by atoms with Gasteiger partial charge in [0.15, 0.2) is 0 Å². The van der Waals surface area contributed by atoms with E-state index in [-0.39, 0.29) is 37.6 Å². The van der Waals surface area contributed by atoms with E-state index in [1.54, 1.807) is 55.4 Å². The first kappa shape index (κ1) is 29.0. The van der Waals surface area contributed by atoms with Gasteiger partial charge in [-0.15, -0.1) is 0 Å². The van der Waals surface area contributed by atoms with Crippen LogP contribution in [-0.4, -0.2) is 48.8 Å². The van der Waals surface area contributed by atoms with Gasteiger partial charge in [-0.1, -0.05) is 41.5 Å². The number of carbonyl (C=O) groups excluding carboxylic acids is 2. The summed E-state index contributed by atoms with van der Waals surface area (Å²) in [5.41, 5.74) is -1.58. The lowest BCUT2D eigenvalue weighted by molar-refractivity contribution is -0.237. The van der Waals surface area contributed by atoms with Crippen LogP contribution in [0.1, 0.15) is 81.1 Å². The van der Waals surface area contributed by atoms with Gasteiger partial charge in [0, 0.05) is 49.7 Å². The van der Waals surface area contributed by atoms with Crippen molar-refractivity contribution in [3.63, 3.8) is 0 Å². The molecule has 0 aliphatic carbocycles. The summed E-state index contributed by atoms with van der Waals surface area (Å²) >= 11 is 0. The molecule has 0 fully saturated rings. The van der Waals surface area contributed by atoms with Crippen LogP contribution < -0.4 is 0 Å². The zero-order valence-electron chi connectivity index (χ0n) is 19.5. The monoisotopic (exact) mass is 442 g/mol. The van der Waals surface area contributed by atoms with Crippen molar-refractivity contribution in [3.05, 3.63) is 0 Å². The van der Waals surface area contributed by atoms with Crippen molar-refractivity contribution in [1.29, 1.82) is 0 Å². The minimum absolute atomic E-state index is 0.0192. The van der Waals surface area contributed by atoms with Gasteiger partial charge in [-0.2, -0.15) is 17.6 Å². The number of carbonyl (C=O) groups is 2. The third-order valence-corrected chi connectivity index (χ3v) is 4.81. The summed E-state index contributed by atoms with van der Waals surface area (Å²) in [6, 6.07) is 0. The molecule has 0 spiro atoms. The summed E-state index contributed by atoms with van der Waals surface area (Å²) in [4.78, 5) is 24.4. The van der Waals surface area contributed by atoms with Crippen molar-refractivity contribution in [2.75, 3.05) is 13.2 Å². The number of hydrogen-bond acceptors (Lipinski definition) is 4. The van der Waals surface area contributed by atoms with Crippen LogP contribution in [0.15, 0.2) is 0 Å². The van der Waals surface area contributed by atoms with E-state index in [0.29, 0.717) is 0 Å². The molecule has 0 bridgehead atoms. The van der Waals surface area contributed by atoms with Gasteiger partial charge in [0.05, 0.1) is 12.2 Å². The molecule has 2 unspecified atom stereocenters. The number of ketones is 2. The number of halogens is 4. The number of ether oxygens (including phenoxy) is 2. The van der Waals surface area contributed by atoms with Crippen LogP contribution in [0.25, 0.3) is 0 Å². The standard InChI is InChI=1S/C22H38F4O4/c1-9-29-15(11-17(27)19(3,4)5)13-21(23,24)22(25,26)14-16(30-10-2)12-18(28)20(6,7)8/h15-16H,9-14H2,1-8H3. The molecule has 8 heteroatoms. The molecule has 0 aliphatic heterocycles. The largest absolute Gasteiger partial charge is 0.378 e. The Hall–Kier alpha value is -1.02. The van der Waals surface area contributed by atoms with E-state index in [9.17, 15) is 27.2 Å². The highest BCUT2D eigenvalue weighted by molar-refractivity contribution is 5.84. The fourth-order valence-electron chi connectivity index (χ4n) is 2.75. The number of alkyl halides is 4. The van der Waals surface area contributed by atoms with Crippen LogP contribution in [0.4, 0.5) is 17.6 Å². The summed E-state index contributed by atoms with van der Waals surface area (Å²) in [6.45, 7) is 12.9. The molecule has 178 valence electrons. The fraction of sp³-hybridized carbons (Fsp3) is 0.909. The summed E-state index contributed by atoms with van der Waals surface area (Å²) in [7, 11) is 0. The van der Waals surface area contributed by atoms with E-state index in [4.69, 9.17) is 9.47 Å². The van der Waals surface area contributed by atoms with Crippen molar-refractivity contribution in [2.24, 2.45) is 10.8 Å². The smallest absolute Gasteiger partial charge is 0.312 e. The number of hydrogen-bond donors (Lipinski definition) is 0. The first-order valence-electron chi connectivity index (χ1n) is 10.4. The van der Waals surface area contributed by atoms with Crippen molar-refractivity contribution in [2.45, 2.75) is 105 Å². The Morgan fingerprint density at radius 3 is 1.13 bits per heavy atom. The highest BCUT2D eigenvalue weighted by Crippen LogP contribution is 2.43. The minimum atomic E-state index is -4.43. The average Bonchev–Trinajstić information content (AvgIpc) is 2.52.